The highest BCUT2D eigenvalue weighted by Gasteiger charge is 2.13. The minimum Gasteiger partial charge on any atom is -0.357 e. The van der Waals surface area contributed by atoms with Gasteiger partial charge in [-0.3, -0.25) is 4.79 Å². The van der Waals surface area contributed by atoms with Gasteiger partial charge in [-0.05, 0) is 72.9 Å². The quantitative estimate of drug-likeness (QED) is 0.611. The van der Waals surface area contributed by atoms with E-state index in [1.54, 1.807) is 18.3 Å². The lowest BCUT2D eigenvalue weighted by Crippen LogP contribution is -2.24. The first-order chi connectivity index (χ1) is 15.1. The monoisotopic (exact) mass is 410 g/mol. The molecule has 1 amide bonds. The van der Waals surface area contributed by atoms with Crippen LogP contribution in [0.1, 0.15) is 47.2 Å². The van der Waals surface area contributed by atoms with Crippen molar-refractivity contribution in [2.45, 2.75) is 32.6 Å². The summed E-state index contributed by atoms with van der Waals surface area (Å²) < 4.78 is 0. The van der Waals surface area contributed by atoms with Gasteiger partial charge in [-0.1, -0.05) is 31.0 Å². The van der Waals surface area contributed by atoms with Gasteiger partial charge >= 0.3 is 0 Å². The molecule has 0 bridgehead atoms. The Hall–Kier alpha value is -3.65. The number of carbonyl (C=O) groups excluding carboxylic acids is 1. The van der Waals surface area contributed by atoms with Crippen LogP contribution in [0.5, 0.6) is 0 Å². The van der Waals surface area contributed by atoms with Crippen molar-refractivity contribution in [1.82, 2.24) is 4.98 Å². The number of aryl methyl sites for hydroxylation is 1. The van der Waals surface area contributed by atoms with E-state index in [0.717, 1.165) is 35.6 Å². The van der Waals surface area contributed by atoms with Crippen LogP contribution in [0.3, 0.4) is 0 Å². The average molecular weight is 411 g/mol. The predicted molar refractivity (Wildman–Crippen MR) is 124 cm³/mol. The van der Waals surface area contributed by atoms with E-state index in [1.165, 1.54) is 25.7 Å². The van der Waals surface area contributed by atoms with E-state index in [0.29, 0.717) is 16.8 Å². The van der Waals surface area contributed by atoms with Gasteiger partial charge < -0.3 is 10.2 Å². The number of amides is 1. The molecule has 31 heavy (non-hydrogen) atoms. The van der Waals surface area contributed by atoms with Gasteiger partial charge in [-0.15, -0.1) is 0 Å². The van der Waals surface area contributed by atoms with Crippen molar-refractivity contribution in [3.05, 3.63) is 77.5 Å². The Morgan fingerprint density at radius 3 is 2.39 bits per heavy atom. The van der Waals surface area contributed by atoms with Gasteiger partial charge in [-0.25, -0.2) is 4.98 Å². The van der Waals surface area contributed by atoms with Crippen LogP contribution in [-0.2, 0) is 0 Å². The number of anilines is 2. The van der Waals surface area contributed by atoms with E-state index in [1.807, 2.05) is 49.4 Å². The van der Waals surface area contributed by atoms with Crippen molar-refractivity contribution in [3.8, 4) is 17.2 Å². The van der Waals surface area contributed by atoms with Crippen molar-refractivity contribution in [3.63, 3.8) is 0 Å². The molecule has 2 heterocycles. The Kier molecular flexibility index (Phi) is 6.28. The maximum atomic E-state index is 12.8. The zero-order chi connectivity index (χ0) is 21.6. The fourth-order valence-corrected chi connectivity index (χ4v) is 3.95. The summed E-state index contributed by atoms with van der Waals surface area (Å²) in [6, 6.07) is 19.1. The van der Waals surface area contributed by atoms with Crippen LogP contribution >= 0.6 is 0 Å². The molecule has 156 valence electrons. The molecule has 0 aliphatic carbocycles. The minimum absolute atomic E-state index is 0.167. The fourth-order valence-electron chi connectivity index (χ4n) is 3.95. The maximum absolute atomic E-state index is 12.8. The SMILES string of the molecule is Cc1ccc(C(=O)Nc2ccc(N3CCCCCC3)nc2)cc1-c1ccc(C#N)cc1. The van der Waals surface area contributed by atoms with Gasteiger partial charge in [0.2, 0.25) is 0 Å². The number of nitrogens with one attached hydrogen (secondary N) is 1. The third-order valence-corrected chi connectivity index (χ3v) is 5.76. The van der Waals surface area contributed by atoms with Crippen LogP contribution < -0.4 is 10.2 Å². The zero-order valence-electron chi connectivity index (χ0n) is 17.8. The highest BCUT2D eigenvalue weighted by molar-refractivity contribution is 6.05. The number of carbonyl (C=O) groups is 1. The molecular weight excluding hydrogens is 384 g/mol. The van der Waals surface area contributed by atoms with Crippen molar-refractivity contribution in [2.24, 2.45) is 0 Å². The molecule has 2 aromatic carbocycles. The smallest absolute Gasteiger partial charge is 0.255 e. The molecular formula is C26H26N4O. The number of nitrogens with zero attached hydrogens (tertiary/aromatic N) is 3. The van der Waals surface area contributed by atoms with E-state index < -0.39 is 0 Å². The third kappa shape index (κ3) is 4.92. The Morgan fingerprint density at radius 2 is 1.74 bits per heavy atom. The first kappa shape index (κ1) is 20.6. The van der Waals surface area contributed by atoms with Gasteiger partial charge in [0.25, 0.3) is 5.91 Å². The molecule has 1 N–H and O–H groups in total. The molecule has 1 aromatic heterocycles. The molecule has 0 atom stereocenters. The number of aromatic nitrogens is 1. The number of benzene rings is 2. The summed E-state index contributed by atoms with van der Waals surface area (Å²) in [5, 5.41) is 12.0. The molecule has 5 heteroatoms. The van der Waals surface area contributed by atoms with Crippen molar-refractivity contribution in [1.29, 1.82) is 5.26 Å². The Bertz CT molecular complexity index is 1090. The minimum atomic E-state index is -0.167. The molecule has 1 aliphatic rings. The largest absolute Gasteiger partial charge is 0.357 e. The van der Waals surface area contributed by atoms with Crippen LogP contribution in [0.25, 0.3) is 11.1 Å². The van der Waals surface area contributed by atoms with Gasteiger partial charge in [0.05, 0.1) is 23.5 Å². The Morgan fingerprint density at radius 1 is 1.00 bits per heavy atom. The number of pyridine rings is 1. The second-order valence-electron chi connectivity index (χ2n) is 7.98. The lowest BCUT2D eigenvalue weighted by atomic mass is 9.97. The van der Waals surface area contributed by atoms with Crippen LogP contribution in [0.2, 0.25) is 0 Å². The Labute approximate surface area is 183 Å². The summed E-state index contributed by atoms with van der Waals surface area (Å²) in [6.07, 6.45) is 6.70. The van der Waals surface area contributed by atoms with Crippen molar-refractivity contribution >= 4 is 17.4 Å². The molecule has 0 spiro atoms. The predicted octanol–water partition coefficient (Wildman–Crippen LogP) is 5.56. The number of hydrogen-bond acceptors (Lipinski definition) is 4. The highest BCUT2D eigenvalue weighted by atomic mass is 16.1. The molecule has 1 saturated heterocycles. The van der Waals surface area contributed by atoms with E-state index in [2.05, 4.69) is 21.3 Å². The van der Waals surface area contributed by atoms with Crippen LogP contribution in [0, 0.1) is 18.3 Å². The van der Waals surface area contributed by atoms with Crippen molar-refractivity contribution < 1.29 is 4.79 Å². The third-order valence-electron chi connectivity index (χ3n) is 5.76. The van der Waals surface area contributed by atoms with E-state index in [-0.39, 0.29) is 5.91 Å². The second kappa shape index (κ2) is 9.44. The van der Waals surface area contributed by atoms with E-state index in [9.17, 15) is 4.79 Å². The standard InChI is InChI=1S/C26H26N4O/c1-19-6-9-22(16-24(19)21-10-7-20(17-27)8-11-21)26(31)29-23-12-13-25(28-18-23)30-14-4-2-3-5-15-30/h6-13,16,18H,2-5,14-15H2,1H3,(H,29,31). The lowest BCUT2D eigenvalue weighted by Gasteiger charge is -2.21. The second-order valence-corrected chi connectivity index (χ2v) is 7.98. The number of hydrogen-bond donors (Lipinski definition) is 1. The van der Waals surface area contributed by atoms with E-state index in [4.69, 9.17) is 5.26 Å². The fraction of sp³-hybridized carbons (Fsp3) is 0.269. The molecule has 5 nitrogen and oxygen atoms in total. The van der Waals surface area contributed by atoms with Gasteiger partial charge in [0.1, 0.15) is 5.82 Å². The van der Waals surface area contributed by atoms with Crippen LogP contribution in [0.4, 0.5) is 11.5 Å². The van der Waals surface area contributed by atoms with Crippen molar-refractivity contribution in [2.75, 3.05) is 23.3 Å². The summed E-state index contributed by atoms with van der Waals surface area (Å²) in [5.41, 5.74) is 4.92. The molecule has 0 radical (unpaired) electrons. The number of nitriles is 1. The molecule has 3 aromatic rings. The normalized spacial score (nSPS) is 13.9. The molecule has 1 fully saturated rings. The average Bonchev–Trinajstić information content (AvgIpc) is 3.10. The topological polar surface area (TPSA) is 69.0 Å². The maximum Gasteiger partial charge on any atom is 0.255 e. The first-order valence-corrected chi connectivity index (χ1v) is 10.8. The molecule has 0 saturated carbocycles. The first-order valence-electron chi connectivity index (χ1n) is 10.8. The summed E-state index contributed by atoms with van der Waals surface area (Å²) in [7, 11) is 0. The summed E-state index contributed by atoms with van der Waals surface area (Å²) >= 11 is 0. The van der Waals surface area contributed by atoms with Gasteiger partial charge in [0, 0.05) is 18.7 Å². The highest BCUT2D eigenvalue weighted by Crippen LogP contribution is 2.26. The number of rotatable bonds is 4. The summed E-state index contributed by atoms with van der Waals surface area (Å²) in [4.78, 5) is 19.7. The summed E-state index contributed by atoms with van der Waals surface area (Å²) in [6.45, 7) is 4.10. The van der Waals surface area contributed by atoms with Crippen LogP contribution in [0.15, 0.2) is 60.8 Å². The van der Waals surface area contributed by atoms with E-state index >= 15 is 0 Å². The Balaban J connectivity index is 1.48. The van der Waals surface area contributed by atoms with Gasteiger partial charge in [-0.2, -0.15) is 5.26 Å². The zero-order valence-corrected chi connectivity index (χ0v) is 17.8. The van der Waals surface area contributed by atoms with Gasteiger partial charge in [0.15, 0.2) is 0 Å². The van der Waals surface area contributed by atoms with Crippen LogP contribution in [-0.4, -0.2) is 24.0 Å². The summed E-state index contributed by atoms with van der Waals surface area (Å²) in [5.74, 6) is 0.803. The molecule has 4 rings (SSSR count). The lowest BCUT2D eigenvalue weighted by molar-refractivity contribution is 0.102. The molecule has 1 aliphatic heterocycles. The molecule has 0 unspecified atom stereocenters.